The molecule has 0 radical (unpaired) electrons. The van der Waals surface area contributed by atoms with Crippen molar-refractivity contribution in [2.24, 2.45) is 23.7 Å². The van der Waals surface area contributed by atoms with E-state index >= 15 is 0 Å². The Morgan fingerprint density at radius 3 is 1.30 bits per heavy atom. The zero-order valence-electron chi connectivity index (χ0n) is 28.8. The Kier molecular flexibility index (Phi) is 11.6. The molecule has 0 amide bonds. The van der Waals surface area contributed by atoms with Gasteiger partial charge < -0.3 is 9.47 Å². The summed E-state index contributed by atoms with van der Waals surface area (Å²) < 4.78 is 12.7. The first-order chi connectivity index (χ1) is 22.5. The molecular formula is C42H58O4. The van der Waals surface area contributed by atoms with Crippen molar-refractivity contribution in [3.8, 4) is 22.6 Å². The van der Waals surface area contributed by atoms with Crippen LogP contribution in [0.4, 0.5) is 0 Å². The van der Waals surface area contributed by atoms with E-state index in [0.29, 0.717) is 36.2 Å². The van der Waals surface area contributed by atoms with Crippen molar-refractivity contribution in [3.05, 3.63) is 46.5 Å². The molecule has 2 fully saturated rings. The molecule has 0 bridgehead atoms. The van der Waals surface area contributed by atoms with Crippen molar-refractivity contribution < 1.29 is 19.1 Å². The van der Waals surface area contributed by atoms with Gasteiger partial charge in [-0.3, -0.25) is 9.59 Å². The highest BCUT2D eigenvalue weighted by molar-refractivity contribution is 5.88. The van der Waals surface area contributed by atoms with Crippen molar-refractivity contribution in [1.29, 1.82) is 0 Å². The lowest BCUT2D eigenvalue weighted by Gasteiger charge is -2.29. The van der Waals surface area contributed by atoms with Crippen LogP contribution in [0.1, 0.15) is 152 Å². The van der Waals surface area contributed by atoms with Crippen LogP contribution in [0.5, 0.6) is 11.5 Å². The smallest absolute Gasteiger partial charge is 0.311 e. The van der Waals surface area contributed by atoms with Crippen LogP contribution in [0, 0.1) is 23.7 Å². The summed E-state index contributed by atoms with van der Waals surface area (Å²) in [5.74, 6) is 3.58. The van der Waals surface area contributed by atoms with E-state index in [0.717, 1.165) is 87.2 Å². The van der Waals surface area contributed by atoms with Gasteiger partial charge in [0, 0.05) is 24.0 Å². The molecule has 4 aliphatic rings. The maximum Gasteiger partial charge on any atom is 0.311 e. The average molecular weight is 627 g/mol. The molecule has 250 valence electrons. The molecule has 2 aromatic carbocycles. The summed E-state index contributed by atoms with van der Waals surface area (Å²) in [4.78, 5) is 27.1. The van der Waals surface area contributed by atoms with Crippen LogP contribution < -0.4 is 9.47 Å². The molecule has 46 heavy (non-hydrogen) atoms. The Bertz CT molecular complexity index is 1240. The van der Waals surface area contributed by atoms with Crippen molar-refractivity contribution in [2.45, 2.75) is 155 Å². The van der Waals surface area contributed by atoms with Crippen molar-refractivity contribution in [1.82, 2.24) is 0 Å². The van der Waals surface area contributed by atoms with Crippen LogP contribution in [-0.4, -0.2) is 11.9 Å². The summed E-state index contributed by atoms with van der Waals surface area (Å²) in [6.45, 7) is 4.55. The van der Waals surface area contributed by atoms with E-state index in [1.165, 1.54) is 86.5 Å². The van der Waals surface area contributed by atoms with Crippen LogP contribution >= 0.6 is 0 Å². The summed E-state index contributed by atoms with van der Waals surface area (Å²) in [6, 6.07) is 8.45. The van der Waals surface area contributed by atoms with Gasteiger partial charge in [0.25, 0.3) is 0 Å². The van der Waals surface area contributed by atoms with Crippen LogP contribution in [0.25, 0.3) is 11.1 Å². The number of benzene rings is 2. The number of ether oxygens (including phenoxy) is 2. The number of carbonyl (C=O) groups is 2. The standard InChI is InChI=1S/C42H58O4/c1-3-9-29-15-19-31(20-16-29)27-39(43)45-37-25-23-33-11-5-7-13-35(33)41(37)42-36-14-8-6-12-34(36)24-26-38(42)46-40(44)28-32-21-17-30(10-4-2)18-22-32/h23-26,29-32H,3-22,27-28H2,1-2H3. The topological polar surface area (TPSA) is 52.6 Å². The first kappa shape index (κ1) is 33.3. The number of aryl methyl sites for hydroxylation is 2. The molecule has 4 nitrogen and oxygen atoms in total. The maximum atomic E-state index is 13.6. The van der Waals surface area contributed by atoms with Gasteiger partial charge in [-0.1, -0.05) is 77.3 Å². The maximum absolute atomic E-state index is 13.6. The first-order valence-corrected chi connectivity index (χ1v) is 19.2. The summed E-state index contributed by atoms with van der Waals surface area (Å²) in [5.41, 5.74) is 7.34. The second-order valence-corrected chi connectivity index (χ2v) is 15.3. The lowest BCUT2D eigenvalue weighted by atomic mass is 9.79. The van der Waals surface area contributed by atoms with Gasteiger partial charge in [-0.05, 0) is 135 Å². The molecule has 0 aromatic heterocycles. The van der Waals surface area contributed by atoms with E-state index in [9.17, 15) is 9.59 Å². The van der Waals surface area contributed by atoms with E-state index in [1.54, 1.807) is 0 Å². The lowest BCUT2D eigenvalue weighted by Crippen LogP contribution is -2.21. The minimum absolute atomic E-state index is 0.113. The van der Waals surface area contributed by atoms with Gasteiger partial charge in [0.05, 0.1) is 0 Å². The predicted octanol–water partition coefficient (Wildman–Crippen LogP) is 10.9. The second-order valence-electron chi connectivity index (χ2n) is 15.3. The highest BCUT2D eigenvalue weighted by Crippen LogP contribution is 2.47. The average Bonchev–Trinajstić information content (AvgIpc) is 3.07. The van der Waals surface area contributed by atoms with Crippen molar-refractivity contribution in [3.63, 3.8) is 0 Å². The van der Waals surface area contributed by atoms with Crippen LogP contribution in [-0.2, 0) is 35.3 Å². The summed E-state index contributed by atoms with van der Waals surface area (Å²) >= 11 is 0. The van der Waals surface area contributed by atoms with Crippen LogP contribution in [0.3, 0.4) is 0 Å². The second kappa shape index (κ2) is 16.0. The molecule has 4 aliphatic carbocycles. The van der Waals surface area contributed by atoms with E-state index in [1.807, 2.05) is 12.1 Å². The SMILES string of the molecule is CCCC1CCC(CC(=O)Oc2ccc3c(c2-c2c(OC(=O)CC4CCC(CCC)CC4)ccc4c2CCCC4)CCCC3)CC1. The van der Waals surface area contributed by atoms with Crippen LogP contribution in [0.2, 0.25) is 0 Å². The highest BCUT2D eigenvalue weighted by atomic mass is 16.5. The fraction of sp³-hybridized carbons (Fsp3) is 0.667. The zero-order valence-corrected chi connectivity index (χ0v) is 28.8. The van der Waals surface area contributed by atoms with E-state index in [-0.39, 0.29) is 11.9 Å². The fourth-order valence-corrected chi connectivity index (χ4v) is 9.40. The molecule has 0 atom stereocenters. The third-order valence-electron chi connectivity index (χ3n) is 11.9. The van der Waals surface area contributed by atoms with Gasteiger partial charge in [0.2, 0.25) is 0 Å². The number of carbonyl (C=O) groups excluding carboxylic acids is 2. The largest absolute Gasteiger partial charge is 0.426 e. The van der Waals surface area contributed by atoms with Gasteiger partial charge in [-0.25, -0.2) is 0 Å². The third kappa shape index (κ3) is 8.08. The molecule has 0 saturated heterocycles. The van der Waals surface area contributed by atoms with Gasteiger partial charge in [0.1, 0.15) is 11.5 Å². The Morgan fingerprint density at radius 1 is 0.543 bits per heavy atom. The van der Waals surface area contributed by atoms with E-state index < -0.39 is 0 Å². The Hall–Kier alpha value is -2.62. The fourth-order valence-electron chi connectivity index (χ4n) is 9.40. The molecule has 6 rings (SSSR count). The predicted molar refractivity (Wildman–Crippen MR) is 186 cm³/mol. The minimum Gasteiger partial charge on any atom is -0.426 e. The number of hydrogen-bond acceptors (Lipinski definition) is 4. The molecule has 2 aromatic rings. The lowest BCUT2D eigenvalue weighted by molar-refractivity contribution is -0.136. The molecule has 0 spiro atoms. The van der Waals surface area contributed by atoms with Crippen LogP contribution in [0.15, 0.2) is 24.3 Å². The van der Waals surface area contributed by atoms with E-state index in [4.69, 9.17) is 9.47 Å². The van der Waals surface area contributed by atoms with Crippen molar-refractivity contribution in [2.75, 3.05) is 0 Å². The Morgan fingerprint density at radius 2 is 0.913 bits per heavy atom. The van der Waals surface area contributed by atoms with Gasteiger partial charge in [-0.2, -0.15) is 0 Å². The quantitative estimate of drug-likeness (QED) is 0.184. The summed E-state index contributed by atoms with van der Waals surface area (Å²) in [5, 5.41) is 0. The minimum atomic E-state index is -0.113. The number of rotatable bonds is 11. The monoisotopic (exact) mass is 626 g/mol. The number of esters is 2. The third-order valence-corrected chi connectivity index (χ3v) is 11.9. The number of fused-ring (bicyclic) bond motifs is 2. The summed E-state index contributed by atoms with van der Waals surface area (Å²) in [6.07, 6.45) is 24.2. The zero-order chi connectivity index (χ0) is 31.9. The molecule has 0 heterocycles. The first-order valence-electron chi connectivity index (χ1n) is 19.2. The summed E-state index contributed by atoms with van der Waals surface area (Å²) in [7, 11) is 0. The highest BCUT2D eigenvalue weighted by Gasteiger charge is 2.30. The van der Waals surface area contributed by atoms with Gasteiger partial charge in [0.15, 0.2) is 0 Å². The molecule has 4 heteroatoms. The van der Waals surface area contributed by atoms with E-state index in [2.05, 4.69) is 26.0 Å². The molecule has 0 N–H and O–H groups in total. The normalized spacial score (nSPS) is 24.5. The number of hydrogen-bond donors (Lipinski definition) is 0. The Labute approximate surface area is 278 Å². The molecule has 0 aliphatic heterocycles. The molecule has 0 unspecified atom stereocenters. The molecular weight excluding hydrogens is 568 g/mol. The van der Waals surface area contributed by atoms with Crippen molar-refractivity contribution >= 4 is 11.9 Å². The van der Waals surface area contributed by atoms with Gasteiger partial charge >= 0.3 is 11.9 Å². The van der Waals surface area contributed by atoms with Gasteiger partial charge in [-0.15, -0.1) is 0 Å². The Balaban J connectivity index is 1.27. The molecule has 2 saturated carbocycles.